The van der Waals surface area contributed by atoms with Crippen LogP contribution in [0.4, 0.5) is 0 Å². The van der Waals surface area contributed by atoms with E-state index in [1.165, 1.54) is 9.80 Å². The smallest absolute Gasteiger partial charge is 0.146 e. The zero-order chi connectivity index (χ0) is 32.3. The molecule has 236 valence electrons. The van der Waals surface area contributed by atoms with Crippen LogP contribution in [0, 0.1) is 0 Å². The molecule has 3 aromatic rings. The Balaban J connectivity index is 0.000000649. The van der Waals surface area contributed by atoms with Crippen LogP contribution in [0.2, 0.25) is 0 Å². The van der Waals surface area contributed by atoms with Crippen LogP contribution in [0.1, 0.15) is 49.8 Å². The fourth-order valence-electron chi connectivity index (χ4n) is 5.21. The van der Waals surface area contributed by atoms with Crippen molar-refractivity contribution in [3.63, 3.8) is 0 Å². The molecule has 0 aromatic heterocycles. The van der Waals surface area contributed by atoms with Gasteiger partial charge in [-0.25, -0.2) is 0 Å². The topological polar surface area (TPSA) is 122 Å². The van der Waals surface area contributed by atoms with E-state index in [4.69, 9.17) is 14.9 Å². The molecule has 0 heterocycles. The van der Waals surface area contributed by atoms with Crippen LogP contribution in [-0.2, 0) is 20.5 Å². The maximum atomic E-state index is 14.0. The minimum absolute atomic E-state index is 0.0583. The van der Waals surface area contributed by atoms with E-state index in [2.05, 4.69) is 0 Å². The summed E-state index contributed by atoms with van der Waals surface area (Å²) in [5, 5.41) is 40.8. The van der Waals surface area contributed by atoms with Crippen molar-refractivity contribution < 1.29 is 39.5 Å². The Labute approximate surface area is 258 Å². The van der Waals surface area contributed by atoms with Crippen molar-refractivity contribution in [2.24, 2.45) is 0 Å². The number of likely N-dealkylation sites (N-methyl/N-ethyl adjacent to an activating group) is 2. The van der Waals surface area contributed by atoms with Crippen molar-refractivity contribution in [1.29, 1.82) is 0 Å². The van der Waals surface area contributed by atoms with Crippen molar-refractivity contribution in [3.8, 4) is 0 Å². The SMILES string of the molecule is CCCC(=O)C(CC)(c1ccccc1)C(OB([O-])[O-])(c1ccccc1)c1ccccc1.C[NH+](C)CCO.C[NH+](C)CCO. The number of carbonyl (C=O) groups is 1. The Morgan fingerprint density at radius 3 is 1.35 bits per heavy atom. The van der Waals surface area contributed by atoms with Crippen molar-refractivity contribution in [2.75, 3.05) is 54.5 Å². The van der Waals surface area contributed by atoms with E-state index in [1.807, 2.05) is 133 Å². The number of aliphatic hydroxyl groups is 2. The van der Waals surface area contributed by atoms with E-state index < -0.39 is 18.3 Å². The summed E-state index contributed by atoms with van der Waals surface area (Å²) in [5.41, 5.74) is -0.906. The molecule has 3 aromatic carbocycles. The number of ketones is 1. The monoisotopic (exact) mass is 594 g/mol. The second kappa shape index (κ2) is 20.1. The van der Waals surface area contributed by atoms with Crippen LogP contribution in [0.5, 0.6) is 0 Å². The molecule has 0 saturated carbocycles. The molecule has 0 fully saturated rings. The molecule has 0 radical (unpaired) electrons. The molecular formula is C34H51BN2O6. The van der Waals surface area contributed by atoms with Crippen molar-refractivity contribution in [3.05, 3.63) is 108 Å². The summed E-state index contributed by atoms with van der Waals surface area (Å²) in [6, 6.07) is 27.7. The standard InChI is InChI=1S/C26H27BO4.2C4H11NO/c1-3-14-24(28)25(4-2,21-15-8-5-9-16-21)26(31-27(29)30,22-17-10-6-11-18-22)23-19-12-7-13-20-23;2*1-5(2)3-4-6/h5-13,15-20H,3-4,14H2,1-2H3;2*6H,3-4H2,1-2H3/q-2;;/p+2. The third kappa shape index (κ3) is 10.7. The lowest BCUT2D eigenvalue weighted by Gasteiger charge is -2.54. The minimum Gasteiger partial charge on any atom is -0.871 e. The lowest BCUT2D eigenvalue weighted by Crippen LogP contribution is -3.06. The highest BCUT2D eigenvalue weighted by Gasteiger charge is 2.57. The van der Waals surface area contributed by atoms with E-state index in [0.717, 1.165) is 18.7 Å². The average molecular weight is 595 g/mol. The molecule has 9 heteroatoms. The molecule has 3 rings (SSSR count). The molecule has 0 aliphatic rings. The number of benzene rings is 3. The molecule has 0 bridgehead atoms. The molecule has 43 heavy (non-hydrogen) atoms. The minimum atomic E-state index is -2.58. The third-order valence-electron chi connectivity index (χ3n) is 7.21. The molecule has 0 amide bonds. The third-order valence-corrected chi connectivity index (χ3v) is 7.21. The number of carbonyl (C=O) groups excluding carboxylic acids is 1. The van der Waals surface area contributed by atoms with Crippen molar-refractivity contribution >= 4 is 13.1 Å². The van der Waals surface area contributed by atoms with Gasteiger partial charge in [0.25, 0.3) is 0 Å². The van der Waals surface area contributed by atoms with Crippen LogP contribution >= 0.6 is 0 Å². The van der Waals surface area contributed by atoms with Gasteiger partial charge in [-0.3, -0.25) is 4.79 Å². The first kappa shape index (κ1) is 38.1. The highest BCUT2D eigenvalue weighted by Crippen LogP contribution is 2.53. The van der Waals surface area contributed by atoms with Gasteiger partial charge in [0, 0.05) is 6.42 Å². The summed E-state index contributed by atoms with van der Waals surface area (Å²) in [7, 11) is 5.46. The second-order valence-electron chi connectivity index (χ2n) is 11.0. The molecule has 0 saturated heterocycles. The van der Waals surface area contributed by atoms with Gasteiger partial charge in [-0.15, -0.1) is 0 Å². The summed E-state index contributed by atoms with van der Waals surface area (Å²) in [6.45, 7) is 6.14. The highest BCUT2D eigenvalue weighted by molar-refractivity contribution is 6.28. The van der Waals surface area contributed by atoms with Gasteiger partial charge in [-0.05, 0) is 29.5 Å². The predicted molar refractivity (Wildman–Crippen MR) is 168 cm³/mol. The van der Waals surface area contributed by atoms with Crippen molar-refractivity contribution in [2.45, 2.75) is 44.1 Å². The molecule has 0 aliphatic carbocycles. The Morgan fingerprint density at radius 2 is 1.09 bits per heavy atom. The fourth-order valence-corrected chi connectivity index (χ4v) is 5.21. The normalized spacial score (nSPS) is 12.5. The Bertz CT molecular complexity index is 1080. The van der Waals surface area contributed by atoms with E-state index in [-0.39, 0.29) is 5.78 Å². The quantitative estimate of drug-likeness (QED) is 0.189. The van der Waals surface area contributed by atoms with Crippen LogP contribution < -0.4 is 19.8 Å². The Morgan fingerprint density at radius 1 is 0.721 bits per heavy atom. The summed E-state index contributed by atoms with van der Waals surface area (Å²) in [6.07, 6.45) is 1.30. The number of nitrogens with one attached hydrogen (secondary N) is 2. The molecule has 0 spiro atoms. The van der Waals surface area contributed by atoms with Crippen LogP contribution in [0.25, 0.3) is 0 Å². The van der Waals surface area contributed by atoms with Crippen LogP contribution in [-0.4, -0.2) is 77.8 Å². The molecule has 8 nitrogen and oxygen atoms in total. The molecule has 1 unspecified atom stereocenters. The van der Waals surface area contributed by atoms with Gasteiger partial charge in [0.2, 0.25) is 0 Å². The average Bonchev–Trinajstić information content (AvgIpc) is 2.99. The van der Waals surface area contributed by atoms with E-state index >= 15 is 0 Å². The zero-order valence-corrected chi connectivity index (χ0v) is 26.7. The number of hydrogen-bond donors (Lipinski definition) is 4. The summed E-state index contributed by atoms with van der Waals surface area (Å²) < 4.78 is 5.86. The first-order valence-corrected chi connectivity index (χ1v) is 15.1. The number of rotatable bonds is 14. The molecule has 0 aliphatic heterocycles. The number of hydrogen-bond acceptors (Lipinski definition) is 6. The van der Waals surface area contributed by atoms with Gasteiger partial charge in [-0.2, -0.15) is 0 Å². The fraction of sp³-hybridized carbons (Fsp3) is 0.441. The van der Waals surface area contributed by atoms with Gasteiger partial charge in [0.1, 0.15) is 24.5 Å². The zero-order valence-electron chi connectivity index (χ0n) is 26.7. The van der Waals surface area contributed by atoms with Crippen molar-refractivity contribution in [1.82, 2.24) is 0 Å². The maximum absolute atomic E-state index is 14.0. The number of Topliss-reactive ketones (excluding diaryl/α,β-unsaturated/α-hetero) is 1. The van der Waals surface area contributed by atoms with Gasteiger partial charge in [0.15, 0.2) is 0 Å². The van der Waals surface area contributed by atoms with Crippen LogP contribution in [0.15, 0.2) is 91.0 Å². The van der Waals surface area contributed by atoms with Gasteiger partial charge in [-0.1, -0.05) is 105 Å². The number of aliphatic hydroxyl groups excluding tert-OH is 2. The maximum Gasteiger partial charge on any atom is 0.146 e. The second-order valence-corrected chi connectivity index (χ2v) is 11.0. The summed E-state index contributed by atoms with van der Waals surface area (Å²) in [5.74, 6) is -0.0583. The van der Waals surface area contributed by atoms with E-state index in [1.54, 1.807) is 0 Å². The van der Waals surface area contributed by atoms with Gasteiger partial charge >= 0.3 is 0 Å². The van der Waals surface area contributed by atoms with Crippen LogP contribution in [0.3, 0.4) is 0 Å². The first-order chi connectivity index (χ1) is 20.6. The van der Waals surface area contributed by atoms with E-state index in [0.29, 0.717) is 43.6 Å². The largest absolute Gasteiger partial charge is 0.871 e. The predicted octanol–water partition coefficient (Wildman–Crippen LogP) is -0.384. The van der Waals surface area contributed by atoms with E-state index in [9.17, 15) is 14.8 Å². The molecule has 1 atom stereocenters. The summed E-state index contributed by atoms with van der Waals surface area (Å²) >= 11 is 0. The first-order valence-electron chi connectivity index (χ1n) is 15.1. The van der Waals surface area contributed by atoms with Gasteiger partial charge < -0.3 is 34.7 Å². The Hall–Kier alpha value is -2.89. The highest BCUT2D eigenvalue weighted by atomic mass is 16.6. The molecule has 4 N–H and O–H groups in total. The number of quaternary nitrogens is 2. The Kier molecular flexibility index (Phi) is 17.9. The lowest BCUT2D eigenvalue weighted by atomic mass is 9.57. The summed E-state index contributed by atoms with van der Waals surface area (Å²) in [4.78, 5) is 16.6. The molecular weight excluding hydrogens is 543 g/mol. The lowest BCUT2D eigenvalue weighted by molar-refractivity contribution is -0.858. The van der Waals surface area contributed by atoms with Gasteiger partial charge in [0.05, 0.1) is 54.1 Å².